The number of amides is 3. The van der Waals surface area contributed by atoms with Crippen molar-refractivity contribution in [2.75, 3.05) is 7.05 Å². The molecule has 1 atom stereocenters. The summed E-state index contributed by atoms with van der Waals surface area (Å²) in [4.78, 5) is 47.7. The van der Waals surface area contributed by atoms with E-state index in [0.29, 0.717) is 6.29 Å². The number of imide groups is 1. The first-order valence-electron chi connectivity index (χ1n) is 6.51. The third-order valence-electron chi connectivity index (χ3n) is 3.26. The van der Waals surface area contributed by atoms with Crippen LogP contribution in [-0.4, -0.2) is 42.0 Å². The second-order valence-corrected chi connectivity index (χ2v) is 4.56. The van der Waals surface area contributed by atoms with Gasteiger partial charge in [-0.2, -0.15) is 0 Å². The zero-order valence-electron chi connectivity index (χ0n) is 12.1. The standard InChI is InChI=1S/C15H18N2O4/c1-4-6-11(10(5-2)9-18)15(21)17(3)12-7-8-13(19)16-14(12)20/h4-6,9,12H,1,7-8H2,2-3H3,(H,16,19,20)/b10-5-,11-6+. The van der Waals surface area contributed by atoms with Crippen LogP contribution >= 0.6 is 0 Å². The maximum Gasteiger partial charge on any atom is 0.254 e. The molecule has 1 saturated heterocycles. The molecule has 0 aromatic rings. The molecule has 1 aliphatic rings. The lowest BCUT2D eigenvalue weighted by molar-refractivity contribution is -0.142. The van der Waals surface area contributed by atoms with Crippen molar-refractivity contribution in [3.63, 3.8) is 0 Å². The molecule has 21 heavy (non-hydrogen) atoms. The minimum absolute atomic E-state index is 0.162. The number of rotatable bonds is 5. The lowest BCUT2D eigenvalue weighted by Gasteiger charge is -2.30. The molecule has 112 valence electrons. The van der Waals surface area contributed by atoms with Gasteiger partial charge in [-0.05, 0) is 19.4 Å². The molecular formula is C15H18N2O4. The van der Waals surface area contributed by atoms with E-state index in [2.05, 4.69) is 11.9 Å². The van der Waals surface area contributed by atoms with Crippen LogP contribution in [0.2, 0.25) is 0 Å². The number of piperidine rings is 1. The second kappa shape index (κ2) is 7.33. The van der Waals surface area contributed by atoms with Crippen molar-refractivity contribution in [1.29, 1.82) is 0 Å². The summed E-state index contributed by atoms with van der Waals surface area (Å²) in [6.45, 7) is 5.16. The van der Waals surface area contributed by atoms with Gasteiger partial charge in [0.25, 0.3) is 5.91 Å². The van der Waals surface area contributed by atoms with E-state index < -0.39 is 17.9 Å². The average molecular weight is 290 g/mol. The molecular weight excluding hydrogens is 272 g/mol. The fraction of sp³-hybridized carbons (Fsp3) is 0.333. The first-order chi connectivity index (χ1) is 9.96. The number of hydrogen-bond acceptors (Lipinski definition) is 4. The largest absolute Gasteiger partial charge is 0.330 e. The molecule has 1 aliphatic heterocycles. The van der Waals surface area contributed by atoms with E-state index in [0.717, 1.165) is 0 Å². The quantitative estimate of drug-likeness (QED) is 0.346. The number of aldehydes is 1. The van der Waals surface area contributed by atoms with Crippen LogP contribution in [-0.2, 0) is 19.2 Å². The number of likely N-dealkylation sites (N-methyl/N-ethyl adjacent to an activating group) is 1. The third kappa shape index (κ3) is 3.75. The summed E-state index contributed by atoms with van der Waals surface area (Å²) in [7, 11) is 1.47. The molecule has 1 N–H and O–H groups in total. The van der Waals surface area contributed by atoms with Crippen LogP contribution in [0, 0.1) is 0 Å². The summed E-state index contributed by atoms with van der Waals surface area (Å²) in [6, 6.07) is -0.729. The maximum absolute atomic E-state index is 12.5. The summed E-state index contributed by atoms with van der Waals surface area (Å²) in [6.07, 6.45) is 5.36. The maximum atomic E-state index is 12.5. The van der Waals surface area contributed by atoms with Crippen LogP contribution in [0.1, 0.15) is 19.8 Å². The lowest BCUT2D eigenvalue weighted by Crippen LogP contribution is -2.53. The highest BCUT2D eigenvalue weighted by atomic mass is 16.2. The van der Waals surface area contributed by atoms with Gasteiger partial charge in [0, 0.05) is 24.6 Å². The number of nitrogens with one attached hydrogen (secondary N) is 1. The fourth-order valence-electron chi connectivity index (χ4n) is 2.08. The zero-order chi connectivity index (χ0) is 16.0. The monoisotopic (exact) mass is 290 g/mol. The molecule has 0 radical (unpaired) electrons. The molecule has 1 rings (SSSR count). The Hall–Kier alpha value is -2.50. The van der Waals surface area contributed by atoms with Crippen molar-refractivity contribution in [3.05, 3.63) is 36.0 Å². The van der Waals surface area contributed by atoms with Gasteiger partial charge in [0.2, 0.25) is 11.8 Å². The van der Waals surface area contributed by atoms with Gasteiger partial charge in [-0.25, -0.2) is 0 Å². The smallest absolute Gasteiger partial charge is 0.254 e. The van der Waals surface area contributed by atoms with Crippen molar-refractivity contribution in [3.8, 4) is 0 Å². The van der Waals surface area contributed by atoms with Gasteiger partial charge in [0.1, 0.15) is 6.04 Å². The number of allylic oxidation sites excluding steroid dienone is 3. The highest BCUT2D eigenvalue weighted by Gasteiger charge is 2.33. The predicted molar refractivity (Wildman–Crippen MR) is 77.0 cm³/mol. The van der Waals surface area contributed by atoms with Crippen LogP contribution in [0.25, 0.3) is 0 Å². The van der Waals surface area contributed by atoms with Crippen LogP contribution in [0.5, 0.6) is 0 Å². The molecule has 1 unspecified atom stereocenters. The van der Waals surface area contributed by atoms with Gasteiger partial charge in [-0.1, -0.05) is 18.7 Å². The Balaban J connectivity index is 3.01. The van der Waals surface area contributed by atoms with Crippen molar-refractivity contribution >= 4 is 24.0 Å². The highest BCUT2D eigenvalue weighted by molar-refractivity contribution is 6.08. The first kappa shape index (κ1) is 16.6. The molecule has 6 heteroatoms. The molecule has 0 bridgehead atoms. The Bertz CT molecular complexity index is 546. The van der Waals surface area contributed by atoms with Gasteiger partial charge < -0.3 is 4.90 Å². The van der Waals surface area contributed by atoms with Gasteiger partial charge in [0.05, 0.1) is 0 Å². The molecule has 0 aromatic carbocycles. The lowest BCUT2D eigenvalue weighted by atomic mass is 10.0. The van der Waals surface area contributed by atoms with Crippen LogP contribution in [0.3, 0.4) is 0 Å². The van der Waals surface area contributed by atoms with E-state index in [1.807, 2.05) is 0 Å². The van der Waals surface area contributed by atoms with Gasteiger partial charge in [-0.15, -0.1) is 0 Å². The summed E-state index contributed by atoms with van der Waals surface area (Å²) in [5, 5.41) is 2.20. The molecule has 0 saturated carbocycles. The summed E-state index contributed by atoms with van der Waals surface area (Å²) in [5.74, 6) is -1.32. The second-order valence-electron chi connectivity index (χ2n) is 4.56. The molecule has 0 aliphatic carbocycles. The molecule has 6 nitrogen and oxygen atoms in total. The molecule has 1 fully saturated rings. The van der Waals surface area contributed by atoms with Gasteiger partial charge in [-0.3, -0.25) is 24.5 Å². The SMILES string of the molecule is C=C/C=C(C(=O)N(C)C1CCC(=O)NC1=O)\C(C=O)=C/C. The van der Waals surface area contributed by atoms with Crippen LogP contribution < -0.4 is 5.32 Å². The van der Waals surface area contributed by atoms with Crippen LogP contribution in [0.4, 0.5) is 0 Å². The number of nitrogens with zero attached hydrogens (tertiary/aromatic N) is 1. The molecule has 0 spiro atoms. The van der Waals surface area contributed by atoms with Crippen molar-refractivity contribution in [2.24, 2.45) is 0 Å². The van der Waals surface area contributed by atoms with Crippen LogP contribution in [0.15, 0.2) is 36.0 Å². The van der Waals surface area contributed by atoms with E-state index in [1.165, 1.54) is 30.2 Å². The van der Waals surface area contributed by atoms with Gasteiger partial charge >= 0.3 is 0 Å². The van der Waals surface area contributed by atoms with Crippen molar-refractivity contribution in [2.45, 2.75) is 25.8 Å². The minimum Gasteiger partial charge on any atom is -0.330 e. The summed E-state index contributed by atoms with van der Waals surface area (Å²) < 4.78 is 0. The van der Waals surface area contributed by atoms with E-state index in [-0.39, 0.29) is 29.9 Å². The molecule has 0 aromatic heterocycles. The topological polar surface area (TPSA) is 83.6 Å². The highest BCUT2D eigenvalue weighted by Crippen LogP contribution is 2.17. The zero-order valence-corrected chi connectivity index (χ0v) is 12.1. The van der Waals surface area contributed by atoms with Gasteiger partial charge in [0.15, 0.2) is 6.29 Å². The number of carbonyl (C=O) groups excluding carboxylic acids is 4. The first-order valence-corrected chi connectivity index (χ1v) is 6.51. The van der Waals surface area contributed by atoms with E-state index >= 15 is 0 Å². The Labute approximate surface area is 123 Å². The van der Waals surface area contributed by atoms with E-state index in [9.17, 15) is 19.2 Å². The Kier molecular flexibility index (Phi) is 5.78. The third-order valence-corrected chi connectivity index (χ3v) is 3.26. The predicted octanol–water partition coefficient (Wildman–Crippen LogP) is 0.508. The fourth-order valence-corrected chi connectivity index (χ4v) is 2.08. The number of hydrogen-bond donors (Lipinski definition) is 1. The van der Waals surface area contributed by atoms with Crippen molar-refractivity contribution < 1.29 is 19.2 Å². The average Bonchev–Trinajstić information content (AvgIpc) is 2.46. The Morgan fingerprint density at radius 3 is 2.57 bits per heavy atom. The Morgan fingerprint density at radius 1 is 1.43 bits per heavy atom. The van der Waals surface area contributed by atoms with E-state index in [4.69, 9.17) is 0 Å². The number of carbonyl (C=O) groups is 4. The minimum atomic E-state index is -0.729. The summed E-state index contributed by atoms with van der Waals surface area (Å²) >= 11 is 0. The van der Waals surface area contributed by atoms with Crippen molar-refractivity contribution in [1.82, 2.24) is 10.2 Å². The van der Waals surface area contributed by atoms with E-state index in [1.54, 1.807) is 6.92 Å². The summed E-state index contributed by atoms with van der Waals surface area (Å²) in [5.41, 5.74) is 0.383. The molecule has 1 heterocycles. The Morgan fingerprint density at radius 2 is 2.10 bits per heavy atom. The normalized spacial score (nSPS) is 19.8. The molecule has 3 amide bonds.